The van der Waals surface area contributed by atoms with Gasteiger partial charge in [0.05, 0.1) is 17.8 Å². The first-order chi connectivity index (χ1) is 15.8. The number of tetrazole rings is 1. The van der Waals surface area contributed by atoms with Gasteiger partial charge in [-0.2, -0.15) is 0 Å². The molecule has 2 heterocycles. The van der Waals surface area contributed by atoms with Gasteiger partial charge in [0.25, 0.3) is 0 Å². The largest absolute Gasteiger partial charge is 0.489 e. The zero-order valence-electron chi connectivity index (χ0n) is 17.3. The first-order valence-corrected chi connectivity index (χ1v) is 10.3. The Kier molecular flexibility index (Phi) is 5.70. The van der Waals surface area contributed by atoms with Crippen LogP contribution in [0.5, 0.6) is 11.5 Å². The Morgan fingerprint density at radius 2 is 1.50 bits per heavy atom. The lowest BCUT2D eigenvalue weighted by molar-refractivity contribution is 0.288. The van der Waals surface area contributed by atoms with Crippen LogP contribution in [0.3, 0.4) is 0 Å². The summed E-state index contributed by atoms with van der Waals surface area (Å²) in [5.41, 5.74) is 4.06. The van der Waals surface area contributed by atoms with Crippen LogP contribution in [0.1, 0.15) is 16.8 Å². The molecule has 0 radical (unpaired) electrons. The van der Waals surface area contributed by atoms with E-state index in [2.05, 4.69) is 44.8 Å². The maximum atomic E-state index is 5.95. The van der Waals surface area contributed by atoms with Crippen molar-refractivity contribution in [3.05, 3.63) is 108 Å². The summed E-state index contributed by atoms with van der Waals surface area (Å²) in [7, 11) is 0. The molecule has 5 aromatic rings. The number of ether oxygens (including phenoxy) is 2. The first kappa shape index (κ1) is 19.7. The van der Waals surface area contributed by atoms with Crippen molar-refractivity contribution in [1.29, 1.82) is 0 Å². The van der Waals surface area contributed by atoms with Crippen molar-refractivity contribution in [1.82, 2.24) is 25.2 Å². The van der Waals surface area contributed by atoms with E-state index in [0.29, 0.717) is 19.8 Å². The van der Waals surface area contributed by atoms with Gasteiger partial charge < -0.3 is 9.47 Å². The minimum atomic E-state index is 0.400. The van der Waals surface area contributed by atoms with E-state index in [-0.39, 0.29) is 0 Å². The number of benzene rings is 3. The molecule has 0 amide bonds. The van der Waals surface area contributed by atoms with Crippen molar-refractivity contribution in [3.8, 4) is 11.5 Å². The van der Waals surface area contributed by atoms with E-state index in [0.717, 1.165) is 39.2 Å². The molecule has 32 heavy (non-hydrogen) atoms. The summed E-state index contributed by atoms with van der Waals surface area (Å²) in [6.07, 6.45) is 1.60. The second kappa shape index (κ2) is 9.26. The van der Waals surface area contributed by atoms with E-state index >= 15 is 0 Å². The van der Waals surface area contributed by atoms with Gasteiger partial charge in [0.1, 0.15) is 31.0 Å². The van der Waals surface area contributed by atoms with E-state index in [1.54, 1.807) is 11.0 Å². The highest BCUT2D eigenvalue weighted by molar-refractivity contribution is 5.78. The summed E-state index contributed by atoms with van der Waals surface area (Å²) in [5.74, 6) is 1.50. The molecule has 0 spiro atoms. The molecule has 5 rings (SSSR count). The molecule has 7 nitrogen and oxygen atoms in total. The average Bonchev–Trinajstić information content (AvgIpc) is 3.35. The van der Waals surface area contributed by atoms with Crippen LogP contribution >= 0.6 is 0 Å². The van der Waals surface area contributed by atoms with E-state index in [4.69, 9.17) is 9.47 Å². The molecule has 0 atom stereocenters. The van der Waals surface area contributed by atoms with Crippen LogP contribution in [-0.2, 0) is 19.8 Å². The summed E-state index contributed by atoms with van der Waals surface area (Å²) >= 11 is 0. The number of nitrogens with zero attached hydrogens (tertiary/aromatic N) is 5. The standard InChI is InChI=1S/C25H21N5O2/c1-2-7-25-21(4-1)12-13-22(27-25)17-32-24-6-3-5-23(14-24)31-16-20-10-8-19(9-11-20)15-30-18-26-28-29-30/h1-14,18H,15-17H2. The van der Waals surface area contributed by atoms with Crippen LogP contribution < -0.4 is 9.47 Å². The van der Waals surface area contributed by atoms with Crippen molar-refractivity contribution in [2.75, 3.05) is 0 Å². The lowest BCUT2D eigenvalue weighted by Gasteiger charge is -2.10. The molecule has 0 N–H and O–H groups in total. The van der Waals surface area contributed by atoms with Crippen molar-refractivity contribution in [2.45, 2.75) is 19.8 Å². The van der Waals surface area contributed by atoms with Gasteiger partial charge >= 0.3 is 0 Å². The second-order valence-corrected chi connectivity index (χ2v) is 7.37. The van der Waals surface area contributed by atoms with Crippen LogP contribution in [0.2, 0.25) is 0 Å². The molecule has 0 aliphatic carbocycles. The Bertz CT molecular complexity index is 1300. The van der Waals surface area contributed by atoms with Crippen LogP contribution in [0.4, 0.5) is 0 Å². The van der Waals surface area contributed by atoms with Gasteiger partial charge in [0, 0.05) is 11.5 Å². The number of pyridine rings is 1. The zero-order chi connectivity index (χ0) is 21.6. The fourth-order valence-electron chi connectivity index (χ4n) is 3.35. The highest BCUT2D eigenvalue weighted by atomic mass is 16.5. The Labute approximate surface area is 185 Å². The average molecular weight is 423 g/mol. The minimum absolute atomic E-state index is 0.400. The second-order valence-electron chi connectivity index (χ2n) is 7.37. The number of hydrogen-bond donors (Lipinski definition) is 0. The Hall–Kier alpha value is -4.26. The number of fused-ring (bicyclic) bond motifs is 1. The summed E-state index contributed by atoms with van der Waals surface area (Å²) in [6.45, 7) is 1.51. The van der Waals surface area contributed by atoms with E-state index in [9.17, 15) is 0 Å². The van der Waals surface area contributed by atoms with E-state index in [1.807, 2.05) is 60.7 Å². The van der Waals surface area contributed by atoms with Crippen molar-refractivity contribution < 1.29 is 9.47 Å². The third kappa shape index (κ3) is 4.89. The fourth-order valence-corrected chi connectivity index (χ4v) is 3.35. The summed E-state index contributed by atoms with van der Waals surface area (Å²) in [4.78, 5) is 4.65. The Balaban J connectivity index is 1.16. The van der Waals surface area contributed by atoms with Crippen molar-refractivity contribution in [3.63, 3.8) is 0 Å². The maximum absolute atomic E-state index is 5.95. The predicted molar refractivity (Wildman–Crippen MR) is 120 cm³/mol. The van der Waals surface area contributed by atoms with Gasteiger partial charge in [0.15, 0.2) is 0 Å². The number of para-hydroxylation sites is 1. The van der Waals surface area contributed by atoms with Gasteiger partial charge in [-0.3, -0.25) is 0 Å². The monoisotopic (exact) mass is 423 g/mol. The molecule has 0 saturated carbocycles. The molecular weight excluding hydrogens is 402 g/mol. The quantitative estimate of drug-likeness (QED) is 0.368. The topological polar surface area (TPSA) is 75.0 Å². The number of rotatable bonds is 8. The number of hydrogen-bond acceptors (Lipinski definition) is 6. The van der Waals surface area contributed by atoms with Gasteiger partial charge in [0.2, 0.25) is 0 Å². The molecule has 2 aromatic heterocycles. The molecular formula is C25H21N5O2. The van der Waals surface area contributed by atoms with Gasteiger partial charge in [-0.15, -0.1) is 5.10 Å². The summed E-state index contributed by atoms with van der Waals surface area (Å²) in [6, 6.07) is 28.0. The smallest absolute Gasteiger partial charge is 0.138 e. The lowest BCUT2D eigenvalue weighted by atomic mass is 10.1. The molecule has 0 aliphatic rings. The third-order valence-electron chi connectivity index (χ3n) is 5.01. The molecule has 3 aromatic carbocycles. The predicted octanol–water partition coefficient (Wildman–Crippen LogP) is 4.43. The highest BCUT2D eigenvalue weighted by Gasteiger charge is 2.03. The zero-order valence-corrected chi connectivity index (χ0v) is 17.3. The molecule has 7 heteroatoms. The minimum Gasteiger partial charge on any atom is -0.489 e. The first-order valence-electron chi connectivity index (χ1n) is 10.3. The molecule has 0 saturated heterocycles. The van der Waals surface area contributed by atoms with E-state index in [1.165, 1.54) is 0 Å². The maximum Gasteiger partial charge on any atom is 0.138 e. The highest BCUT2D eigenvalue weighted by Crippen LogP contribution is 2.22. The van der Waals surface area contributed by atoms with Crippen LogP contribution in [0, 0.1) is 0 Å². The molecule has 0 fully saturated rings. The fraction of sp³-hybridized carbons (Fsp3) is 0.120. The number of aromatic nitrogens is 5. The third-order valence-corrected chi connectivity index (χ3v) is 5.01. The molecule has 0 bridgehead atoms. The van der Waals surface area contributed by atoms with Crippen molar-refractivity contribution >= 4 is 10.9 Å². The molecule has 158 valence electrons. The van der Waals surface area contributed by atoms with Crippen molar-refractivity contribution in [2.24, 2.45) is 0 Å². The molecule has 0 unspecified atom stereocenters. The lowest BCUT2D eigenvalue weighted by Crippen LogP contribution is -2.01. The summed E-state index contributed by atoms with van der Waals surface area (Å²) < 4.78 is 13.6. The SMILES string of the molecule is c1cc(OCc2ccc(Cn3cnnn3)cc2)cc(OCc2ccc3ccccc3n2)c1. The van der Waals surface area contributed by atoms with E-state index < -0.39 is 0 Å². The molecule has 0 aliphatic heterocycles. The van der Waals surface area contributed by atoms with Crippen LogP contribution in [0.25, 0.3) is 10.9 Å². The van der Waals surface area contributed by atoms with Gasteiger partial charge in [-0.25, -0.2) is 9.67 Å². The van der Waals surface area contributed by atoms with Gasteiger partial charge in [-0.1, -0.05) is 54.6 Å². The van der Waals surface area contributed by atoms with Gasteiger partial charge in [-0.05, 0) is 45.8 Å². The van der Waals surface area contributed by atoms with Crippen LogP contribution in [0.15, 0.2) is 91.3 Å². The van der Waals surface area contributed by atoms with Crippen LogP contribution in [-0.4, -0.2) is 25.2 Å². The summed E-state index contributed by atoms with van der Waals surface area (Å²) in [5, 5.41) is 12.3. The normalized spacial score (nSPS) is 10.9. The Morgan fingerprint density at radius 3 is 2.31 bits per heavy atom. The Morgan fingerprint density at radius 1 is 0.719 bits per heavy atom.